The molecule has 2 aliphatic rings. The maximum Gasteiger partial charge on any atom is 0.264 e. The molecule has 2 bridgehead atoms. The average molecular weight is 312 g/mol. The van der Waals surface area contributed by atoms with Crippen molar-refractivity contribution in [3.63, 3.8) is 0 Å². The molecule has 0 radical (unpaired) electrons. The molecule has 0 heterocycles. The summed E-state index contributed by atoms with van der Waals surface area (Å²) in [6.07, 6.45) is 5.22. The van der Waals surface area contributed by atoms with Crippen molar-refractivity contribution in [1.29, 1.82) is 0 Å². The molecule has 8 heteroatoms. The first-order valence-electron chi connectivity index (χ1n) is 6.34. The molecule has 0 aliphatic heterocycles. The number of hydrogen-bond acceptors (Lipinski definition) is 6. The molecule has 0 aromatic carbocycles. The molecule has 0 spiro atoms. The van der Waals surface area contributed by atoms with E-state index >= 15 is 0 Å². The van der Waals surface area contributed by atoms with Crippen molar-refractivity contribution in [3.8, 4) is 0 Å². The molecule has 2 rings (SSSR count). The Labute approximate surface area is 114 Å². The molecule has 4 atom stereocenters. The normalized spacial score (nSPS) is 34.8. The zero-order valence-corrected chi connectivity index (χ0v) is 12.7. The lowest BCUT2D eigenvalue weighted by Gasteiger charge is -2.29. The van der Waals surface area contributed by atoms with Crippen LogP contribution in [-0.4, -0.2) is 42.6 Å². The average Bonchev–Trinajstić information content (AvgIpc) is 2.81. The van der Waals surface area contributed by atoms with E-state index < -0.39 is 20.2 Å². The predicted octanol–water partition coefficient (Wildman–Crippen LogP) is 0.601. The van der Waals surface area contributed by atoms with Crippen molar-refractivity contribution < 1.29 is 25.2 Å². The highest BCUT2D eigenvalue weighted by atomic mass is 32.2. The highest BCUT2D eigenvalue weighted by Gasteiger charge is 2.48. The van der Waals surface area contributed by atoms with Crippen LogP contribution in [0.2, 0.25) is 0 Å². The summed E-state index contributed by atoms with van der Waals surface area (Å²) in [5.41, 5.74) is 0. The summed E-state index contributed by atoms with van der Waals surface area (Å²) < 4.78 is 54.1. The van der Waals surface area contributed by atoms with Crippen molar-refractivity contribution in [2.45, 2.75) is 19.3 Å². The number of rotatable bonds is 6. The summed E-state index contributed by atoms with van der Waals surface area (Å²) >= 11 is 0. The van der Waals surface area contributed by atoms with E-state index in [0.29, 0.717) is 11.8 Å². The zero-order chi connectivity index (χ0) is 14.3. The topological polar surface area (TPSA) is 86.7 Å². The van der Waals surface area contributed by atoms with Crippen molar-refractivity contribution >= 4 is 20.2 Å². The maximum atomic E-state index is 11.1. The lowest BCUT2D eigenvalue weighted by Crippen LogP contribution is -2.31. The van der Waals surface area contributed by atoms with Gasteiger partial charge in [-0.1, -0.05) is 0 Å². The minimum atomic E-state index is -3.45. The van der Waals surface area contributed by atoms with Crippen LogP contribution in [0.25, 0.3) is 0 Å². The van der Waals surface area contributed by atoms with E-state index in [2.05, 4.69) is 0 Å². The zero-order valence-electron chi connectivity index (χ0n) is 11.1. The Morgan fingerprint density at radius 2 is 1.21 bits per heavy atom. The fourth-order valence-electron chi connectivity index (χ4n) is 3.45. The number of fused-ring (bicyclic) bond motifs is 2. The van der Waals surface area contributed by atoms with E-state index in [-0.39, 0.29) is 25.0 Å². The van der Waals surface area contributed by atoms with Crippen molar-refractivity contribution in [1.82, 2.24) is 0 Å². The lowest BCUT2D eigenvalue weighted by molar-refractivity contribution is 0.102. The van der Waals surface area contributed by atoms with E-state index in [4.69, 9.17) is 8.37 Å². The summed E-state index contributed by atoms with van der Waals surface area (Å²) in [6.45, 7) is 0.273. The molecule has 2 aliphatic carbocycles. The summed E-state index contributed by atoms with van der Waals surface area (Å²) in [5.74, 6) is 1.02. The Morgan fingerprint density at radius 3 is 1.53 bits per heavy atom. The van der Waals surface area contributed by atoms with Gasteiger partial charge in [0.2, 0.25) is 0 Å². The van der Waals surface area contributed by atoms with Crippen LogP contribution in [0.1, 0.15) is 19.3 Å². The molecular weight excluding hydrogens is 292 g/mol. The van der Waals surface area contributed by atoms with Gasteiger partial charge in [0.15, 0.2) is 0 Å². The SMILES string of the molecule is CS(=O)(=O)OC[C@@H]1C2CCC(C2)[C@H]1COS(C)(=O)=O. The third kappa shape index (κ3) is 4.14. The summed E-state index contributed by atoms with van der Waals surface area (Å²) in [4.78, 5) is 0. The second-order valence-corrected chi connectivity index (χ2v) is 8.93. The van der Waals surface area contributed by atoms with Crippen LogP contribution in [0.3, 0.4) is 0 Å². The highest BCUT2D eigenvalue weighted by molar-refractivity contribution is 7.86. The second-order valence-electron chi connectivity index (χ2n) is 5.64. The van der Waals surface area contributed by atoms with Crippen molar-refractivity contribution in [2.75, 3.05) is 25.7 Å². The van der Waals surface area contributed by atoms with E-state index in [1.54, 1.807) is 0 Å². The number of hydrogen-bond donors (Lipinski definition) is 0. The molecule has 0 saturated heterocycles. The molecule has 0 amide bonds. The Balaban J connectivity index is 1.99. The monoisotopic (exact) mass is 312 g/mol. The minimum Gasteiger partial charge on any atom is -0.270 e. The van der Waals surface area contributed by atoms with Gasteiger partial charge in [0, 0.05) is 0 Å². The van der Waals surface area contributed by atoms with Crippen LogP contribution in [0.4, 0.5) is 0 Å². The molecule has 0 N–H and O–H groups in total. The third-order valence-electron chi connectivity index (χ3n) is 4.22. The first-order chi connectivity index (χ1) is 8.66. The fraction of sp³-hybridized carbons (Fsp3) is 1.00. The lowest BCUT2D eigenvalue weighted by atomic mass is 9.80. The molecule has 6 nitrogen and oxygen atoms in total. The second kappa shape index (κ2) is 5.31. The Bertz CT molecular complexity index is 475. The molecule has 0 aromatic rings. The molecule has 112 valence electrons. The van der Waals surface area contributed by atoms with Gasteiger partial charge in [-0.3, -0.25) is 8.37 Å². The van der Waals surface area contributed by atoms with Gasteiger partial charge < -0.3 is 0 Å². The van der Waals surface area contributed by atoms with Crippen LogP contribution in [-0.2, 0) is 28.6 Å². The van der Waals surface area contributed by atoms with Gasteiger partial charge in [-0.2, -0.15) is 16.8 Å². The van der Waals surface area contributed by atoms with E-state index in [1.807, 2.05) is 0 Å². The summed E-state index contributed by atoms with van der Waals surface area (Å²) in [7, 11) is -6.91. The van der Waals surface area contributed by atoms with E-state index in [1.165, 1.54) is 0 Å². The minimum absolute atomic E-state index is 0.0789. The van der Waals surface area contributed by atoms with Gasteiger partial charge in [0.05, 0.1) is 25.7 Å². The third-order valence-corrected chi connectivity index (χ3v) is 5.35. The van der Waals surface area contributed by atoms with E-state index in [0.717, 1.165) is 31.8 Å². The molecule has 2 unspecified atom stereocenters. The highest BCUT2D eigenvalue weighted by Crippen LogP contribution is 2.52. The Hall–Kier alpha value is -0.180. The molecule has 2 fully saturated rings. The summed E-state index contributed by atoms with van der Waals surface area (Å²) in [6, 6.07) is 0. The van der Waals surface area contributed by atoms with Gasteiger partial charge in [0.1, 0.15) is 0 Å². The summed E-state index contributed by atoms with van der Waals surface area (Å²) in [5, 5.41) is 0. The van der Waals surface area contributed by atoms with Crippen molar-refractivity contribution in [2.24, 2.45) is 23.7 Å². The van der Waals surface area contributed by atoms with Crippen molar-refractivity contribution in [3.05, 3.63) is 0 Å². The molecule has 19 heavy (non-hydrogen) atoms. The molecular formula is C11H20O6S2. The first kappa shape index (κ1) is 15.2. The van der Waals surface area contributed by atoms with Crippen LogP contribution in [0, 0.1) is 23.7 Å². The quantitative estimate of drug-likeness (QED) is 0.668. The fourth-order valence-corrected chi connectivity index (χ4v) is 4.26. The first-order valence-corrected chi connectivity index (χ1v) is 9.98. The standard InChI is InChI=1S/C11H20O6S2/c1-18(12,13)16-6-10-8-3-4-9(5-8)11(10)7-17-19(2,14)15/h8-11H,3-7H2,1-2H3/t8?,9?,10-,11-/m1/s1. The van der Waals surface area contributed by atoms with E-state index in [9.17, 15) is 16.8 Å². The van der Waals surface area contributed by atoms with Crippen LogP contribution >= 0.6 is 0 Å². The van der Waals surface area contributed by atoms with Gasteiger partial charge in [-0.05, 0) is 42.9 Å². The predicted molar refractivity (Wildman–Crippen MR) is 69.4 cm³/mol. The van der Waals surface area contributed by atoms with Crippen LogP contribution in [0.5, 0.6) is 0 Å². The molecule has 0 aromatic heterocycles. The smallest absolute Gasteiger partial charge is 0.264 e. The van der Waals surface area contributed by atoms with Crippen LogP contribution in [0.15, 0.2) is 0 Å². The largest absolute Gasteiger partial charge is 0.270 e. The maximum absolute atomic E-state index is 11.1. The Morgan fingerprint density at radius 1 is 0.842 bits per heavy atom. The van der Waals surface area contributed by atoms with Gasteiger partial charge in [0.25, 0.3) is 20.2 Å². The van der Waals surface area contributed by atoms with Gasteiger partial charge >= 0.3 is 0 Å². The van der Waals surface area contributed by atoms with Gasteiger partial charge in [-0.25, -0.2) is 0 Å². The van der Waals surface area contributed by atoms with Crippen LogP contribution < -0.4 is 0 Å². The van der Waals surface area contributed by atoms with Gasteiger partial charge in [-0.15, -0.1) is 0 Å². The molecule has 2 saturated carbocycles. The Kier molecular flexibility index (Phi) is 4.25.